The zero-order valence-corrected chi connectivity index (χ0v) is 42.5. The molecule has 12 rings (SSSR count). The number of aliphatic hydroxyl groups excluding tert-OH is 1. The molecule has 4 aliphatic heterocycles. The molecule has 0 radical (unpaired) electrons. The van der Waals surface area contributed by atoms with Gasteiger partial charge in [0.2, 0.25) is 0 Å². The summed E-state index contributed by atoms with van der Waals surface area (Å²) in [6.45, 7) is 21.9. The van der Waals surface area contributed by atoms with Crippen LogP contribution in [0.5, 0.6) is 0 Å². The van der Waals surface area contributed by atoms with Gasteiger partial charge in [-0.1, -0.05) is 52.7 Å². The predicted molar refractivity (Wildman–Crippen MR) is 254 cm³/mol. The maximum atomic E-state index is 13.3. The molecule has 10 unspecified atom stereocenters. The second-order valence-electron chi connectivity index (χ2n) is 25.3. The zero-order chi connectivity index (χ0) is 48.4. The van der Waals surface area contributed by atoms with E-state index in [-0.39, 0.29) is 76.4 Å². The van der Waals surface area contributed by atoms with E-state index < -0.39 is 28.1 Å². The zero-order valence-electron chi connectivity index (χ0n) is 42.5. The van der Waals surface area contributed by atoms with Crippen LogP contribution in [-0.2, 0) is 42.9 Å². The molecule has 0 bridgehead atoms. The number of fused-ring (bicyclic) bond motifs is 8. The number of allylic oxidation sites excluding steroid dienone is 2. The highest BCUT2D eigenvalue weighted by atomic mass is 16.6. The number of esters is 2. The minimum Gasteiger partial charge on any atom is -0.458 e. The number of hydrogen-bond donors (Lipinski definition) is 1. The third-order valence-electron chi connectivity index (χ3n) is 23.4. The normalized spacial score (nSPS) is 51.3. The van der Waals surface area contributed by atoms with Crippen molar-refractivity contribution < 1.29 is 48.0 Å². The molecule has 68 heavy (non-hydrogen) atoms. The lowest BCUT2D eigenvalue weighted by atomic mass is 9.44. The topological polar surface area (TPSA) is 149 Å². The smallest absolute Gasteiger partial charge is 0.334 e. The SMILES string of the molecule is CCC1=C(C)CC([C@@H](C)C2CCC3C4C[C@H]5O[C@]56C(=O)C=CC(=O)[C@]6(C)C4CC[C@@]32C)OC1=O.CCC1=C(C)CC([C@@H](C)C2CCC3C4C[C@H]5O[C@]56[C@H](O)C=CC(=O)[C@]6(C)C4CC[C@@]32C)OC1=O. The van der Waals surface area contributed by atoms with Crippen molar-refractivity contribution in [1.29, 1.82) is 0 Å². The molecule has 10 heteroatoms. The van der Waals surface area contributed by atoms with Crippen LogP contribution in [0, 0.1) is 80.8 Å². The summed E-state index contributed by atoms with van der Waals surface area (Å²) in [7, 11) is 0. The minimum absolute atomic E-state index is 0.00158. The number of ether oxygens (including phenoxy) is 4. The van der Waals surface area contributed by atoms with Crippen molar-refractivity contribution in [2.45, 2.75) is 201 Å². The van der Waals surface area contributed by atoms with Gasteiger partial charge in [0.05, 0.1) is 23.0 Å². The van der Waals surface area contributed by atoms with Gasteiger partial charge in [0, 0.05) is 24.0 Å². The van der Waals surface area contributed by atoms with Crippen molar-refractivity contribution in [3.8, 4) is 0 Å². The monoisotopic (exact) mass is 935 g/mol. The Kier molecular flexibility index (Phi) is 10.8. The fraction of sp³-hybridized carbons (Fsp3) is 0.776. The summed E-state index contributed by atoms with van der Waals surface area (Å²) in [5.41, 5.74) is 1.50. The molecule has 2 spiro atoms. The van der Waals surface area contributed by atoms with Crippen molar-refractivity contribution in [2.75, 3.05) is 0 Å². The second-order valence-corrected chi connectivity index (χ2v) is 25.3. The molecule has 6 saturated carbocycles. The van der Waals surface area contributed by atoms with Gasteiger partial charge in [-0.2, -0.15) is 0 Å². The van der Waals surface area contributed by atoms with Crippen molar-refractivity contribution in [2.24, 2.45) is 80.8 Å². The van der Waals surface area contributed by atoms with E-state index in [4.69, 9.17) is 18.9 Å². The number of hydrogen-bond acceptors (Lipinski definition) is 10. The van der Waals surface area contributed by atoms with Crippen LogP contribution < -0.4 is 0 Å². The van der Waals surface area contributed by atoms with E-state index in [0.717, 1.165) is 94.6 Å². The Morgan fingerprint density at radius 2 is 1.07 bits per heavy atom. The van der Waals surface area contributed by atoms with E-state index >= 15 is 0 Å². The van der Waals surface area contributed by atoms with Crippen LogP contribution in [0.1, 0.15) is 159 Å². The molecule has 21 atom stereocenters. The average molecular weight is 935 g/mol. The van der Waals surface area contributed by atoms with Gasteiger partial charge >= 0.3 is 11.9 Å². The highest BCUT2D eigenvalue weighted by Gasteiger charge is 2.82. The number of cyclic esters (lactones) is 2. The Morgan fingerprint density at radius 1 is 0.603 bits per heavy atom. The number of aliphatic hydroxyl groups is 1. The van der Waals surface area contributed by atoms with Crippen LogP contribution in [-0.4, -0.2) is 76.1 Å². The van der Waals surface area contributed by atoms with Crippen molar-refractivity contribution in [3.63, 3.8) is 0 Å². The molecule has 8 fully saturated rings. The van der Waals surface area contributed by atoms with Gasteiger partial charge in [-0.25, -0.2) is 9.59 Å². The Morgan fingerprint density at radius 3 is 1.57 bits per heavy atom. The fourth-order valence-electron chi connectivity index (χ4n) is 19.7. The molecule has 2 saturated heterocycles. The summed E-state index contributed by atoms with van der Waals surface area (Å²) in [5, 5.41) is 10.8. The summed E-state index contributed by atoms with van der Waals surface area (Å²) >= 11 is 0. The number of ketones is 3. The lowest BCUT2D eigenvalue weighted by Gasteiger charge is -2.58. The van der Waals surface area contributed by atoms with Gasteiger partial charge < -0.3 is 24.1 Å². The average Bonchev–Trinajstić information content (AvgIpc) is 4.15. The quantitative estimate of drug-likeness (QED) is 0.202. The van der Waals surface area contributed by atoms with E-state index in [1.54, 1.807) is 12.2 Å². The summed E-state index contributed by atoms with van der Waals surface area (Å²) < 4.78 is 24.4. The molecule has 8 aliphatic carbocycles. The summed E-state index contributed by atoms with van der Waals surface area (Å²) in [4.78, 5) is 64.8. The molecule has 370 valence electrons. The van der Waals surface area contributed by atoms with E-state index in [0.29, 0.717) is 47.3 Å². The molecule has 0 aromatic heterocycles. The van der Waals surface area contributed by atoms with Crippen LogP contribution in [0.2, 0.25) is 0 Å². The minimum atomic E-state index is -0.893. The van der Waals surface area contributed by atoms with Crippen LogP contribution in [0.25, 0.3) is 0 Å². The van der Waals surface area contributed by atoms with Gasteiger partial charge in [0.1, 0.15) is 23.9 Å². The number of carbonyl (C=O) groups is 5. The van der Waals surface area contributed by atoms with Gasteiger partial charge in [-0.15, -0.1) is 0 Å². The third kappa shape index (κ3) is 5.95. The fourth-order valence-corrected chi connectivity index (χ4v) is 19.7. The maximum Gasteiger partial charge on any atom is 0.334 e. The first-order valence-electron chi connectivity index (χ1n) is 27.0. The first kappa shape index (κ1) is 47.1. The lowest BCUT2D eigenvalue weighted by molar-refractivity contribution is -0.156. The molecular formula is C58H78O10. The highest BCUT2D eigenvalue weighted by Crippen LogP contribution is 2.75. The van der Waals surface area contributed by atoms with Gasteiger partial charge in [0.25, 0.3) is 0 Å². The molecule has 0 aromatic carbocycles. The van der Waals surface area contributed by atoms with Crippen LogP contribution in [0.15, 0.2) is 46.6 Å². The molecule has 10 nitrogen and oxygen atoms in total. The van der Waals surface area contributed by atoms with Crippen LogP contribution in [0.3, 0.4) is 0 Å². The van der Waals surface area contributed by atoms with E-state index in [1.807, 2.05) is 20.8 Å². The second kappa shape index (κ2) is 15.6. The molecule has 4 heterocycles. The summed E-state index contributed by atoms with van der Waals surface area (Å²) in [6, 6.07) is 0. The first-order valence-corrected chi connectivity index (χ1v) is 27.0. The molecule has 1 N–H and O–H groups in total. The standard InChI is InChI=1S/C29H40O5.C29H38O5/c2*1-6-17-15(2)13-22(33-26(17)32)16(3)19-7-8-20-18-14-25-29(34-25)24(31)10-9-23(30)28(29,5)21(18)11-12-27(19,20)4/h9-10,16,18-22,24-25,31H,6-8,11-14H2,1-5H3;9-10,16,18-22,25H,6-8,11-14H2,1-5H3/t16-,18?,19?,20?,21?,22?,24+,25+,27+,28-,29+;16-,18?,19?,20?,21?,22?,25+,27+,28-,29+/m00/s1. The van der Waals surface area contributed by atoms with Crippen LogP contribution >= 0.6 is 0 Å². The van der Waals surface area contributed by atoms with E-state index in [1.165, 1.54) is 29.7 Å². The molecule has 0 amide bonds. The van der Waals surface area contributed by atoms with Crippen molar-refractivity contribution in [1.82, 2.24) is 0 Å². The van der Waals surface area contributed by atoms with E-state index in [9.17, 15) is 29.1 Å². The Bertz CT molecular complexity index is 2360. The van der Waals surface area contributed by atoms with Gasteiger partial charge in [-0.05, 0) is 199 Å². The first-order chi connectivity index (χ1) is 32.2. The lowest BCUT2D eigenvalue weighted by Crippen LogP contribution is -2.63. The largest absolute Gasteiger partial charge is 0.458 e. The molecule has 12 aliphatic rings. The van der Waals surface area contributed by atoms with Crippen LogP contribution in [0.4, 0.5) is 0 Å². The number of epoxide rings is 2. The van der Waals surface area contributed by atoms with Crippen molar-refractivity contribution >= 4 is 29.3 Å². The third-order valence-corrected chi connectivity index (χ3v) is 23.4. The predicted octanol–water partition coefficient (Wildman–Crippen LogP) is 9.75. The van der Waals surface area contributed by atoms with Gasteiger partial charge in [0.15, 0.2) is 23.0 Å². The Labute approximate surface area is 404 Å². The summed E-state index contributed by atoms with van der Waals surface area (Å²) in [5.74, 6) is 4.01. The maximum absolute atomic E-state index is 13.3. The molecule has 0 aromatic rings. The van der Waals surface area contributed by atoms with Crippen molar-refractivity contribution in [3.05, 3.63) is 46.6 Å². The van der Waals surface area contributed by atoms with Gasteiger partial charge in [-0.3, -0.25) is 14.4 Å². The molecular weight excluding hydrogens is 857 g/mol. The van der Waals surface area contributed by atoms with E-state index in [2.05, 4.69) is 48.5 Å². The number of rotatable bonds is 6. The Hall–Kier alpha value is -3.21. The summed E-state index contributed by atoms with van der Waals surface area (Å²) in [6.07, 6.45) is 19.1. The highest BCUT2D eigenvalue weighted by molar-refractivity contribution is 6.15. The number of carbonyl (C=O) groups excluding carboxylic acids is 5. The Balaban J connectivity index is 0.000000149.